The molecule has 0 aliphatic carbocycles. The number of carboxylic acids is 1. The molecule has 0 spiro atoms. The van der Waals surface area contributed by atoms with E-state index in [2.05, 4.69) is 47.2 Å². The van der Waals surface area contributed by atoms with Gasteiger partial charge in [0.15, 0.2) is 0 Å². The highest BCUT2D eigenvalue weighted by atomic mass is 79.9. The maximum Gasteiger partial charge on any atom is 0.337 e. The predicted octanol–water partition coefficient (Wildman–Crippen LogP) is 4.49. The molecule has 0 saturated heterocycles. The number of rotatable bonds is 1. The second-order valence-electron chi connectivity index (χ2n) is 6.95. The van der Waals surface area contributed by atoms with Crippen molar-refractivity contribution in [2.75, 3.05) is 5.32 Å². The van der Waals surface area contributed by atoms with E-state index < -0.39 is 5.97 Å². The lowest BCUT2D eigenvalue weighted by atomic mass is 9.69. The summed E-state index contributed by atoms with van der Waals surface area (Å²) in [4.78, 5) is 11.7. The summed E-state index contributed by atoms with van der Waals surface area (Å²) in [5.41, 5.74) is 4.01. The molecule has 2 N–H and O–H groups in total. The number of nitrogens with one attached hydrogen (secondary N) is 1. The molecule has 5 heteroatoms. The molecule has 2 heterocycles. The highest BCUT2D eigenvalue weighted by molar-refractivity contribution is 9.10. The van der Waals surface area contributed by atoms with E-state index in [-0.39, 0.29) is 17.6 Å². The van der Waals surface area contributed by atoms with Crippen molar-refractivity contribution < 1.29 is 14.6 Å². The maximum absolute atomic E-state index is 11.7. The lowest BCUT2D eigenvalue weighted by Gasteiger charge is -2.48. The molecule has 4 rings (SSSR count). The summed E-state index contributed by atoms with van der Waals surface area (Å²) in [5.74, 6) is -0.917. The molecule has 0 amide bonds. The monoisotopic (exact) mass is 387 g/mol. The number of fused-ring (bicyclic) bond motifs is 4. The summed E-state index contributed by atoms with van der Waals surface area (Å²) in [6.45, 7) is 4.82. The third kappa shape index (κ3) is 2.19. The number of anilines is 1. The zero-order valence-corrected chi connectivity index (χ0v) is 15.1. The van der Waals surface area contributed by atoms with Gasteiger partial charge in [0, 0.05) is 9.89 Å². The van der Waals surface area contributed by atoms with Gasteiger partial charge >= 0.3 is 5.97 Å². The number of benzene rings is 2. The van der Waals surface area contributed by atoms with Crippen LogP contribution in [0.1, 0.15) is 46.9 Å². The molecular formula is C19H18BrNO3. The summed E-state index contributed by atoms with van der Waals surface area (Å²) in [6.07, 6.45) is -0.0594. The third-order valence-corrected chi connectivity index (χ3v) is 5.66. The van der Waals surface area contributed by atoms with Crippen LogP contribution in [0.4, 0.5) is 5.69 Å². The fourth-order valence-corrected chi connectivity index (χ4v) is 4.31. The molecule has 0 fully saturated rings. The average Bonchev–Trinajstić information content (AvgIpc) is 2.54. The number of hydrogen-bond donors (Lipinski definition) is 2. The SMILES string of the molecule is CC1(C)c2cccc(C(=O)O)c2N[C@H]2c3cc(Br)ccc3CO[C@@H]21. The first-order valence-electron chi connectivity index (χ1n) is 7.93. The smallest absolute Gasteiger partial charge is 0.337 e. The Hall–Kier alpha value is -1.85. The summed E-state index contributed by atoms with van der Waals surface area (Å²) < 4.78 is 7.21. The quantitative estimate of drug-likeness (QED) is 0.756. The molecule has 2 atom stereocenters. The number of para-hydroxylation sites is 1. The molecule has 0 bridgehead atoms. The van der Waals surface area contributed by atoms with Gasteiger partial charge in [0.2, 0.25) is 0 Å². The average molecular weight is 388 g/mol. The van der Waals surface area contributed by atoms with Crippen molar-refractivity contribution in [2.45, 2.75) is 38.0 Å². The van der Waals surface area contributed by atoms with Gasteiger partial charge in [-0.1, -0.05) is 48.0 Å². The molecule has 4 nitrogen and oxygen atoms in total. The van der Waals surface area contributed by atoms with Gasteiger partial charge in [-0.25, -0.2) is 4.79 Å². The lowest BCUT2D eigenvalue weighted by Crippen LogP contribution is -2.49. The van der Waals surface area contributed by atoms with Crippen LogP contribution in [0.5, 0.6) is 0 Å². The normalized spacial score (nSPS) is 23.5. The molecule has 0 radical (unpaired) electrons. The fourth-order valence-electron chi connectivity index (χ4n) is 3.94. The maximum atomic E-state index is 11.7. The van der Waals surface area contributed by atoms with Crippen LogP contribution in [0.3, 0.4) is 0 Å². The second-order valence-corrected chi connectivity index (χ2v) is 7.87. The Kier molecular flexibility index (Phi) is 3.48. The third-order valence-electron chi connectivity index (χ3n) is 5.16. The molecule has 2 aliphatic rings. The number of carboxylic acid groups (broad SMARTS) is 1. The molecule has 2 aromatic carbocycles. The van der Waals surface area contributed by atoms with Crippen molar-refractivity contribution in [3.05, 3.63) is 63.1 Å². The van der Waals surface area contributed by atoms with Crippen molar-refractivity contribution >= 4 is 27.6 Å². The number of ether oxygens (including phenoxy) is 1. The van der Waals surface area contributed by atoms with E-state index >= 15 is 0 Å². The van der Waals surface area contributed by atoms with Crippen LogP contribution in [0, 0.1) is 0 Å². The first kappa shape index (κ1) is 15.7. The highest BCUT2D eigenvalue weighted by Crippen LogP contribution is 2.49. The highest BCUT2D eigenvalue weighted by Gasteiger charge is 2.47. The summed E-state index contributed by atoms with van der Waals surface area (Å²) in [6, 6.07) is 11.5. The summed E-state index contributed by atoms with van der Waals surface area (Å²) >= 11 is 3.54. The second kappa shape index (κ2) is 5.33. The van der Waals surface area contributed by atoms with Crippen LogP contribution in [0.2, 0.25) is 0 Å². The zero-order chi connectivity index (χ0) is 17.1. The predicted molar refractivity (Wildman–Crippen MR) is 95.5 cm³/mol. The van der Waals surface area contributed by atoms with Gasteiger partial charge in [-0.05, 0) is 34.9 Å². The molecular weight excluding hydrogens is 370 g/mol. The Labute approximate surface area is 149 Å². The molecule has 24 heavy (non-hydrogen) atoms. The molecule has 0 saturated carbocycles. The van der Waals surface area contributed by atoms with Crippen molar-refractivity contribution in [2.24, 2.45) is 0 Å². The van der Waals surface area contributed by atoms with E-state index in [0.717, 1.165) is 15.6 Å². The van der Waals surface area contributed by atoms with Crippen LogP contribution >= 0.6 is 15.9 Å². The first-order valence-corrected chi connectivity index (χ1v) is 8.72. The Morgan fingerprint density at radius 1 is 1.33 bits per heavy atom. The Morgan fingerprint density at radius 2 is 2.12 bits per heavy atom. The van der Waals surface area contributed by atoms with Crippen LogP contribution in [-0.4, -0.2) is 17.2 Å². The van der Waals surface area contributed by atoms with E-state index in [1.165, 1.54) is 5.56 Å². The number of halogens is 1. The number of carbonyl (C=O) groups is 1. The van der Waals surface area contributed by atoms with Gasteiger partial charge in [0.25, 0.3) is 0 Å². The largest absolute Gasteiger partial charge is 0.478 e. The van der Waals surface area contributed by atoms with Crippen molar-refractivity contribution in [1.29, 1.82) is 0 Å². The van der Waals surface area contributed by atoms with E-state index in [1.54, 1.807) is 12.1 Å². The van der Waals surface area contributed by atoms with E-state index in [1.807, 2.05) is 12.1 Å². The Morgan fingerprint density at radius 3 is 2.88 bits per heavy atom. The van der Waals surface area contributed by atoms with Gasteiger partial charge in [-0.2, -0.15) is 0 Å². The minimum Gasteiger partial charge on any atom is -0.478 e. The van der Waals surface area contributed by atoms with Crippen molar-refractivity contribution in [1.82, 2.24) is 0 Å². The van der Waals surface area contributed by atoms with Crippen LogP contribution in [0.25, 0.3) is 0 Å². The van der Waals surface area contributed by atoms with E-state index in [0.29, 0.717) is 17.9 Å². The number of hydrogen-bond acceptors (Lipinski definition) is 3. The minimum atomic E-state index is -0.917. The molecule has 124 valence electrons. The van der Waals surface area contributed by atoms with Gasteiger partial charge in [-0.15, -0.1) is 0 Å². The molecule has 2 aromatic rings. The van der Waals surface area contributed by atoms with Gasteiger partial charge in [0.1, 0.15) is 0 Å². The van der Waals surface area contributed by atoms with Crippen LogP contribution in [0.15, 0.2) is 40.9 Å². The summed E-state index contributed by atoms with van der Waals surface area (Å²) in [7, 11) is 0. The Bertz CT molecular complexity index is 847. The van der Waals surface area contributed by atoms with Gasteiger partial charge < -0.3 is 15.2 Å². The summed E-state index contributed by atoms with van der Waals surface area (Å²) in [5, 5.41) is 13.0. The topological polar surface area (TPSA) is 58.6 Å². The standard InChI is InChI=1S/C19H18BrNO3/c1-19(2)14-5-3-4-12(18(22)23)15(14)21-16-13-8-11(20)7-6-10(13)9-24-17(16)19/h3-8,16-17,21H,9H2,1-2H3,(H,22,23)/t16-,17-/m0/s1. The molecule has 0 aromatic heterocycles. The number of aromatic carboxylic acids is 1. The first-order chi connectivity index (χ1) is 11.4. The van der Waals surface area contributed by atoms with Crippen molar-refractivity contribution in [3.63, 3.8) is 0 Å². The van der Waals surface area contributed by atoms with Crippen LogP contribution in [-0.2, 0) is 16.8 Å². The van der Waals surface area contributed by atoms with Gasteiger partial charge in [-0.3, -0.25) is 0 Å². The molecule has 0 unspecified atom stereocenters. The lowest BCUT2D eigenvalue weighted by molar-refractivity contribution is -0.0325. The fraction of sp³-hybridized carbons (Fsp3) is 0.316. The minimum absolute atomic E-state index is 0.0594. The van der Waals surface area contributed by atoms with E-state index in [4.69, 9.17) is 4.74 Å². The van der Waals surface area contributed by atoms with Crippen molar-refractivity contribution in [3.8, 4) is 0 Å². The van der Waals surface area contributed by atoms with E-state index in [9.17, 15) is 9.90 Å². The zero-order valence-electron chi connectivity index (χ0n) is 13.5. The molecule has 2 aliphatic heterocycles. The van der Waals surface area contributed by atoms with Crippen LogP contribution < -0.4 is 5.32 Å². The Balaban J connectivity index is 1.92. The van der Waals surface area contributed by atoms with Gasteiger partial charge in [0.05, 0.1) is 30.0 Å².